The van der Waals surface area contributed by atoms with Crippen molar-refractivity contribution in [2.24, 2.45) is 5.73 Å². The SMILES string of the molecule is Cc1cc2nnn(C(=C(N)c3ccccc3)c3ccccc3)c2cc1C. The maximum atomic E-state index is 6.61. The summed E-state index contributed by atoms with van der Waals surface area (Å²) in [6.45, 7) is 4.18. The molecule has 1 heterocycles. The van der Waals surface area contributed by atoms with Crippen molar-refractivity contribution in [1.29, 1.82) is 0 Å². The van der Waals surface area contributed by atoms with Crippen LogP contribution in [0.4, 0.5) is 0 Å². The van der Waals surface area contributed by atoms with Gasteiger partial charge in [-0.25, -0.2) is 4.68 Å². The quantitative estimate of drug-likeness (QED) is 0.563. The summed E-state index contributed by atoms with van der Waals surface area (Å²) in [5.74, 6) is 0. The number of aromatic nitrogens is 3. The highest BCUT2D eigenvalue weighted by Crippen LogP contribution is 2.28. The zero-order chi connectivity index (χ0) is 18.1. The molecule has 0 bridgehead atoms. The van der Waals surface area contributed by atoms with E-state index in [0.29, 0.717) is 5.70 Å². The van der Waals surface area contributed by atoms with Crippen LogP contribution in [0.5, 0.6) is 0 Å². The van der Waals surface area contributed by atoms with Gasteiger partial charge in [0.15, 0.2) is 0 Å². The average Bonchev–Trinajstić information content (AvgIpc) is 3.06. The van der Waals surface area contributed by atoms with E-state index < -0.39 is 0 Å². The first kappa shape index (κ1) is 16.1. The highest BCUT2D eigenvalue weighted by Gasteiger charge is 2.16. The van der Waals surface area contributed by atoms with E-state index >= 15 is 0 Å². The molecule has 0 saturated carbocycles. The minimum absolute atomic E-state index is 0.668. The van der Waals surface area contributed by atoms with Gasteiger partial charge in [-0.15, -0.1) is 5.10 Å². The normalized spacial score (nSPS) is 12.2. The van der Waals surface area contributed by atoms with E-state index in [1.807, 2.05) is 65.3 Å². The third-order valence-electron chi connectivity index (χ3n) is 4.66. The molecule has 0 aliphatic rings. The molecule has 128 valence electrons. The Balaban J connectivity index is 2.03. The second kappa shape index (κ2) is 6.48. The van der Waals surface area contributed by atoms with Gasteiger partial charge in [-0.2, -0.15) is 0 Å². The molecule has 2 N–H and O–H groups in total. The van der Waals surface area contributed by atoms with Crippen LogP contribution in [0.15, 0.2) is 72.8 Å². The molecule has 0 radical (unpaired) electrons. The number of rotatable bonds is 3. The van der Waals surface area contributed by atoms with E-state index in [1.165, 1.54) is 11.1 Å². The number of nitrogens with two attached hydrogens (primary N) is 1. The van der Waals surface area contributed by atoms with Gasteiger partial charge in [0.1, 0.15) is 5.52 Å². The lowest BCUT2D eigenvalue weighted by Crippen LogP contribution is -2.10. The standard InChI is InChI=1S/C22H20N4/c1-15-13-19-20(14-16(15)2)26(25-24-19)22(18-11-7-4-8-12-18)21(23)17-9-5-3-6-10-17/h3-14H,23H2,1-2H3. The molecule has 0 saturated heterocycles. The molecule has 4 aromatic rings. The largest absolute Gasteiger partial charge is 0.396 e. The van der Waals surface area contributed by atoms with Crippen molar-refractivity contribution < 1.29 is 0 Å². The van der Waals surface area contributed by atoms with Crippen LogP contribution in [0.1, 0.15) is 22.3 Å². The fourth-order valence-corrected chi connectivity index (χ4v) is 3.08. The van der Waals surface area contributed by atoms with Gasteiger partial charge in [0.25, 0.3) is 0 Å². The summed E-state index contributed by atoms with van der Waals surface area (Å²) >= 11 is 0. The highest BCUT2D eigenvalue weighted by atomic mass is 15.4. The molecule has 4 heteroatoms. The molecule has 4 nitrogen and oxygen atoms in total. The Morgan fingerprint density at radius 1 is 0.808 bits per heavy atom. The van der Waals surface area contributed by atoms with Crippen molar-refractivity contribution in [3.05, 3.63) is 95.1 Å². The molecular formula is C22H20N4. The number of fused-ring (bicyclic) bond motifs is 1. The first-order valence-electron chi connectivity index (χ1n) is 8.59. The lowest BCUT2D eigenvalue weighted by molar-refractivity contribution is 0.841. The molecule has 0 fully saturated rings. The van der Waals surface area contributed by atoms with Gasteiger partial charge in [0, 0.05) is 5.56 Å². The van der Waals surface area contributed by atoms with Crippen molar-refractivity contribution in [2.45, 2.75) is 13.8 Å². The molecule has 26 heavy (non-hydrogen) atoms. The van der Waals surface area contributed by atoms with Crippen LogP contribution in [0.2, 0.25) is 0 Å². The maximum absolute atomic E-state index is 6.61. The number of nitrogens with zero attached hydrogens (tertiary/aromatic N) is 3. The van der Waals surface area contributed by atoms with E-state index in [9.17, 15) is 0 Å². The molecule has 0 unspecified atom stereocenters. The van der Waals surface area contributed by atoms with Crippen LogP contribution >= 0.6 is 0 Å². The Morgan fingerprint density at radius 2 is 1.38 bits per heavy atom. The molecule has 0 aliphatic heterocycles. The summed E-state index contributed by atoms with van der Waals surface area (Å²) in [5.41, 5.74) is 14.3. The fraction of sp³-hybridized carbons (Fsp3) is 0.0909. The van der Waals surface area contributed by atoms with Crippen molar-refractivity contribution in [2.75, 3.05) is 0 Å². The fourth-order valence-electron chi connectivity index (χ4n) is 3.08. The highest BCUT2D eigenvalue weighted by molar-refractivity contribution is 5.93. The van der Waals surface area contributed by atoms with Crippen molar-refractivity contribution in [3.63, 3.8) is 0 Å². The summed E-state index contributed by atoms with van der Waals surface area (Å²) in [7, 11) is 0. The van der Waals surface area contributed by atoms with Gasteiger partial charge >= 0.3 is 0 Å². The first-order chi connectivity index (χ1) is 12.6. The van der Waals surface area contributed by atoms with Gasteiger partial charge in [0.2, 0.25) is 0 Å². The summed E-state index contributed by atoms with van der Waals surface area (Å²) in [5, 5.41) is 8.80. The number of hydrogen-bond acceptors (Lipinski definition) is 3. The third-order valence-corrected chi connectivity index (χ3v) is 4.66. The van der Waals surface area contributed by atoms with E-state index in [4.69, 9.17) is 5.73 Å². The molecule has 0 atom stereocenters. The van der Waals surface area contributed by atoms with E-state index in [2.05, 4.69) is 36.3 Å². The van der Waals surface area contributed by atoms with E-state index in [-0.39, 0.29) is 0 Å². The minimum Gasteiger partial charge on any atom is -0.396 e. The number of hydrogen-bond donors (Lipinski definition) is 1. The molecule has 1 aromatic heterocycles. The predicted molar refractivity (Wildman–Crippen MR) is 106 cm³/mol. The van der Waals surface area contributed by atoms with Crippen LogP contribution in [0.3, 0.4) is 0 Å². The Kier molecular flexibility index (Phi) is 4.01. The molecule has 4 rings (SSSR count). The Bertz CT molecular complexity index is 1090. The molecule has 0 amide bonds. The van der Waals surface area contributed by atoms with Gasteiger partial charge < -0.3 is 5.73 Å². The Hall–Kier alpha value is -3.40. The maximum Gasteiger partial charge on any atom is 0.113 e. The van der Waals surface area contributed by atoms with Gasteiger partial charge in [-0.1, -0.05) is 65.9 Å². The van der Waals surface area contributed by atoms with Crippen molar-refractivity contribution >= 4 is 22.4 Å². The summed E-state index contributed by atoms with van der Waals surface area (Å²) < 4.78 is 1.85. The predicted octanol–water partition coefficient (Wildman–Crippen LogP) is 4.38. The molecular weight excluding hydrogens is 320 g/mol. The second-order valence-corrected chi connectivity index (χ2v) is 6.42. The first-order valence-corrected chi connectivity index (χ1v) is 8.59. The van der Waals surface area contributed by atoms with E-state index in [0.717, 1.165) is 27.9 Å². The lowest BCUT2D eigenvalue weighted by Gasteiger charge is -2.14. The van der Waals surface area contributed by atoms with Crippen LogP contribution < -0.4 is 5.73 Å². The number of benzene rings is 3. The molecule has 0 aliphatic carbocycles. The van der Waals surface area contributed by atoms with Crippen molar-refractivity contribution in [1.82, 2.24) is 15.0 Å². The third kappa shape index (κ3) is 2.75. The minimum atomic E-state index is 0.668. The van der Waals surface area contributed by atoms with Crippen LogP contribution in [-0.4, -0.2) is 15.0 Å². The summed E-state index contributed by atoms with van der Waals surface area (Å²) in [6, 6.07) is 24.2. The van der Waals surface area contributed by atoms with Crippen LogP contribution in [-0.2, 0) is 0 Å². The van der Waals surface area contributed by atoms with Gasteiger partial charge in [-0.05, 0) is 42.7 Å². The van der Waals surface area contributed by atoms with E-state index in [1.54, 1.807) is 0 Å². The second-order valence-electron chi connectivity index (χ2n) is 6.42. The van der Waals surface area contributed by atoms with Crippen LogP contribution in [0.25, 0.3) is 22.4 Å². The summed E-state index contributed by atoms with van der Waals surface area (Å²) in [6.07, 6.45) is 0. The summed E-state index contributed by atoms with van der Waals surface area (Å²) in [4.78, 5) is 0. The Morgan fingerprint density at radius 3 is 2.04 bits per heavy atom. The zero-order valence-electron chi connectivity index (χ0n) is 14.8. The van der Waals surface area contributed by atoms with Crippen LogP contribution in [0, 0.1) is 13.8 Å². The molecule has 3 aromatic carbocycles. The lowest BCUT2D eigenvalue weighted by atomic mass is 10.0. The topological polar surface area (TPSA) is 56.7 Å². The monoisotopic (exact) mass is 340 g/mol. The smallest absolute Gasteiger partial charge is 0.113 e. The average molecular weight is 340 g/mol. The molecule has 0 spiro atoms. The number of aryl methyl sites for hydroxylation is 2. The van der Waals surface area contributed by atoms with Gasteiger partial charge in [0.05, 0.1) is 16.9 Å². The zero-order valence-corrected chi connectivity index (χ0v) is 14.8. The van der Waals surface area contributed by atoms with Crippen molar-refractivity contribution in [3.8, 4) is 0 Å². The van der Waals surface area contributed by atoms with Gasteiger partial charge in [-0.3, -0.25) is 0 Å². The Labute approximate surface area is 152 Å².